The van der Waals surface area contributed by atoms with Gasteiger partial charge in [0, 0.05) is 6.61 Å². The van der Waals surface area contributed by atoms with Gasteiger partial charge in [-0.25, -0.2) is 0 Å². The third-order valence-corrected chi connectivity index (χ3v) is 1.92. The lowest BCUT2D eigenvalue weighted by atomic mass is 9.98. The summed E-state index contributed by atoms with van der Waals surface area (Å²) in [5.74, 6) is 0.735. The van der Waals surface area contributed by atoms with Crippen LogP contribution in [0.25, 0.3) is 0 Å². The molecule has 11 heavy (non-hydrogen) atoms. The Morgan fingerprint density at radius 1 is 1.45 bits per heavy atom. The van der Waals surface area contributed by atoms with Gasteiger partial charge in [-0.2, -0.15) is 0 Å². The summed E-state index contributed by atoms with van der Waals surface area (Å²) in [4.78, 5) is 0. The summed E-state index contributed by atoms with van der Waals surface area (Å²) in [5, 5.41) is 8.57. The Kier molecular flexibility index (Phi) is 6.24. The highest BCUT2D eigenvalue weighted by molar-refractivity contribution is 4.87. The first kappa shape index (κ1) is 10.7. The maximum Gasteiger partial charge on any atom is 0.0431 e. The number of aliphatic hydroxyl groups excluding tert-OH is 1. The van der Waals surface area contributed by atoms with E-state index in [0.717, 1.165) is 25.2 Å². The average molecular weight is 156 g/mol. The van der Waals surface area contributed by atoms with Gasteiger partial charge in [-0.1, -0.05) is 12.5 Å². The van der Waals surface area contributed by atoms with Gasteiger partial charge in [0.25, 0.3) is 0 Å². The van der Waals surface area contributed by atoms with Crippen LogP contribution in [0, 0.1) is 5.92 Å². The lowest BCUT2D eigenvalue weighted by Crippen LogP contribution is -1.96. The molecule has 1 atom stereocenters. The Morgan fingerprint density at radius 2 is 2.09 bits per heavy atom. The van der Waals surface area contributed by atoms with Gasteiger partial charge in [-0.15, -0.1) is 6.58 Å². The van der Waals surface area contributed by atoms with Crippen molar-refractivity contribution in [2.24, 2.45) is 5.92 Å². The van der Waals surface area contributed by atoms with Gasteiger partial charge in [-0.3, -0.25) is 0 Å². The Hall–Kier alpha value is -0.300. The lowest BCUT2D eigenvalue weighted by molar-refractivity contribution is 0.272. The highest BCUT2D eigenvalue weighted by Gasteiger charge is 2.00. The zero-order valence-corrected chi connectivity index (χ0v) is 7.77. The van der Waals surface area contributed by atoms with Gasteiger partial charge < -0.3 is 5.11 Å². The number of allylic oxidation sites excluding steroid dienone is 1. The predicted molar refractivity (Wildman–Crippen MR) is 49.5 cm³/mol. The minimum Gasteiger partial charge on any atom is -0.396 e. The van der Waals surface area contributed by atoms with Crippen molar-refractivity contribution in [3.8, 4) is 0 Å². The van der Waals surface area contributed by atoms with E-state index in [1.165, 1.54) is 12.0 Å². The molecule has 0 heterocycles. The Morgan fingerprint density at radius 3 is 2.55 bits per heavy atom. The molecule has 0 unspecified atom stereocenters. The maximum absolute atomic E-state index is 8.57. The highest BCUT2D eigenvalue weighted by atomic mass is 16.2. The summed E-state index contributed by atoms with van der Waals surface area (Å²) in [6, 6.07) is 0. The zero-order valence-electron chi connectivity index (χ0n) is 7.77. The molecule has 0 saturated heterocycles. The molecule has 0 aliphatic heterocycles. The van der Waals surface area contributed by atoms with Crippen LogP contribution in [0.4, 0.5) is 0 Å². The summed E-state index contributed by atoms with van der Waals surface area (Å²) in [6.45, 7) is 8.49. The number of rotatable bonds is 6. The third-order valence-electron chi connectivity index (χ3n) is 1.92. The van der Waals surface area contributed by atoms with Crippen molar-refractivity contribution in [2.45, 2.75) is 39.5 Å². The molecule has 0 fully saturated rings. The highest BCUT2D eigenvalue weighted by Crippen LogP contribution is 2.14. The molecule has 0 aromatic carbocycles. The SMILES string of the molecule is C=C(C)CC[C@@H](C)CCCO. The smallest absolute Gasteiger partial charge is 0.0431 e. The van der Waals surface area contributed by atoms with Gasteiger partial charge in [0.05, 0.1) is 0 Å². The molecule has 0 aliphatic carbocycles. The van der Waals surface area contributed by atoms with Crippen LogP contribution in [0.15, 0.2) is 12.2 Å². The summed E-state index contributed by atoms with van der Waals surface area (Å²) < 4.78 is 0. The zero-order chi connectivity index (χ0) is 8.69. The Bertz CT molecular complexity index is 107. The van der Waals surface area contributed by atoms with Crippen LogP contribution in [0.2, 0.25) is 0 Å². The van der Waals surface area contributed by atoms with E-state index in [2.05, 4.69) is 20.4 Å². The fourth-order valence-electron chi connectivity index (χ4n) is 1.08. The fraction of sp³-hybridized carbons (Fsp3) is 0.800. The van der Waals surface area contributed by atoms with Gasteiger partial charge in [0.15, 0.2) is 0 Å². The molecular formula is C10H20O. The monoisotopic (exact) mass is 156 g/mol. The predicted octanol–water partition coefficient (Wildman–Crippen LogP) is 2.75. The van der Waals surface area contributed by atoms with Crippen molar-refractivity contribution in [1.82, 2.24) is 0 Å². The van der Waals surface area contributed by atoms with E-state index in [4.69, 9.17) is 5.11 Å². The normalized spacial score (nSPS) is 13.0. The summed E-state index contributed by atoms with van der Waals surface area (Å²) >= 11 is 0. The summed E-state index contributed by atoms with van der Waals surface area (Å²) in [6.07, 6.45) is 4.43. The van der Waals surface area contributed by atoms with E-state index in [-0.39, 0.29) is 0 Å². The van der Waals surface area contributed by atoms with E-state index < -0.39 is 0 Å². The fourth-order valence-corrected chi connectivity index (χ4v) is 1.08. The molecule has 0 saturated carbocycles. The van der Waals surface area contributed by atoms with E-state index >= 15 is 0 Å². The first-order valence-corrected chi connectivity index (χ1v) is 4.42. The van der Waals surface area contributed by atoms with Gasteiger partial charge in [0.1, 0.15) is 0 Å². The molecule has 0 aromatic heterocycles. The number of hydrogen-bond acceptors (Lipinski definition) is 1. The second-order valence-electron chi connectivity index (χ2n) is 3.47. The second-order valence-corrected chi connectivity index (χ2v) is 3.47. The lowest BCUT2D eigenvalue weighted by Gasteiger charge is -2.09. The minimum absolute atomic E-state index is 0.331. The van der Waals surface area contributed by atoms with Gasteiger partial charge >= 0.3 is 0 Å². The second kappa shape index (κ2) is 6.41. The van der Waals surface area contributed by atoms with Crippen LogP contribution in [0.5, 0.6) is 0 Å². The maximum atomic E-state index is 8.57. The molecule has 0 rings (SSSR count). The molecule has 1 nitrogen and oxygen atoms in total. The van der Waals surface area contributed by atoms with Crippen LogP contribution >= 0.6 is 0 Å². The summed E-state index contributed by atoms with van der Waals surface area (Å²) in [7, 11) is 0. The van der Waals surface area contributed by atoms with Crippen molar-refractivity contribution >= 4 is 0 Å². The van der Waals surface area contributed by atoms with Crippen molar-refractivity contribution < 1.29 is 5.11 Å². The number of hydrogen-bond donors (Lipinski definition) is 1. The Labute approximate surface area is 70.1 Å². The van der Waals surface area contributed by atoms with Gasteiger partial charge in [-0.05, 0) is 38.5 Å². The minimum atomic E-state index is 0.331. The van der Waals surface area contributed by atoms with Gasteiger partial charge in [0.2, 0.25) is 0 Å². The standard InChI is InChI=1S/C10H20O/c1-9(2)6-7-10(3)5-4-8-11/h10-11H,1,4-8H2,2-3H3/t10-/m0/s1. The average Bonchev–Trinajstić information content (AvgIpc) is 1.97. The molecule has 66 valence electrons. The quantitative estimate of drug-likeness (QED) is 0.586. The molecule has 1 heteroatoms. The van der Waals surface area contributed by atoms with E-state index in [0.29, 0.717) is 6.61 Å². The molecule has 0 spiro atoms. The van der Waals surface area contributed by atoms with E-state index in [1.54, 1.807) is 0 Å². The molecule has 0 aromatic rings. The van der Waals surface area contributed by atoms with Crippen molar-refractivity contribution in [2.75, 3.05) is 6.61 Å². The van der Waals surface area contributed by atoms with Crippen molar-refractivity contribution in [1.29, 1.82) is 0 Å². The largest absolute Gasteiger partial charge is 0.396 e. The molecule has 0 aliphatic rings. The first-order chi connectivity index (χ1) is 5.16. The first-order valence-electron chi connectivity index (χ1n) is 4.42. The van der Waals surface area contributed by atoms with Crippen LogP contribution < -0.4 is 0 Å². The van der Waals surface area contributed by atoms with E-state index in [9.17, 15) is 0 Å². The van der Waals surface area contributed by atoms with Crippen molar-refractivity contribution in [3.05, 3.63) is 12.2 Å². The molecule has 0 amide bonds. The summed E-state index contributed by atoms with van der Waals surface area (Å²) in [5.41, 5.74) is 1.26. The molecule has 1 N–H and O–H groups in total. The molecule has 0 radical (unpaired) electrons. The number of aliphatic hydroxyl groups is 1. The Balaban J connectivity index is 3.22. The third kappa shape index (κ3) is 7.60. The molecular weight excluding hydrogens is 136 g/mol. The van der Waals surface area contributed by atoms with Crippen LogP contribution in [0.3, 0.4) is 0 Å². The van der Waals surface area contributed by atoms with E-state index in [1.807, 2.05) is 0 Å². The topological polar surface area (TPSA) is 20.2 Å². The molecule has 0 bridgehead atoms. The van der Waals surface area contributed by atoms with Crippen LogP contribution in [0.1, 0.15) is 39.5 Å². The van der Waals surface area contributed by atoms with Crippen molar-refractivity contribution in [3.63, 3.8) is 0 Å². The van der Waals surface area contributed by atoms with Crippen LogP contribution in [-0.4, -0.2) is 11.7 Å². The van der Waals surface area contributed by atoms with Crippen LogP contribution in [-0.2, 0) is 0 Å².